The number of thiol groups is 1. The van der Waals surface area contributed by atoms with E-state index < -0.39 is 17.0 Å². The third-order valence-corrected chi connectivity index (χ3v) is 1.84. The minimum atomic E-state index is -0.694. The lowest BCUT2D eigenvalue weighted by Crippen LogP contribution is -2.24. The van der Waals surface area contributed by atoms with E-state index >= 15 is 0 Å². The molecule has 0 heterocycles. The predicted molar refractivity (Wildman–Crippen MR) is 45.4 cm³/mol. The minimum Gasteiger partial charge on any atom is -0.270 e. The number of nitrogens with one attached hydrogen (secondary N) is 1. The van der Waals surface area contributed by atoms with Crippen LogP contribution in [0.1, 0.15) is 10.9 Å². The van der Waals surface area contributed by atoms with Crippen LogP contribution in [0.3, 0.4) is 0 Å². The van der Waals surface area contributed by atoms with Crippen LogP contribution in [-0.2, 0) is 0 Å². The van der Waals surface area contributed by atoms with Crippen molar-refractivity contribution in [2.24, 2.45) is 5.84 Å². The van der Waals surface area contributed by atoms with Crippen LogP contribution < -0.4 is 11.3 Å². The fourth-order valence-corrected chi connectivity index (χ4v) is 1.01. The maximum absolute atomic E-state index is 12.9. The molecule has 1 rings (SSSR count). The van der Waals surface area contributed by atoms with Crippen LogP contribution in [0.5, 0.6) is 0 Å². The molecule has 5 heteroatoms. The zero-order valence-electron chi connectivity index (χ0n) is 6.09. The normalized spacial score (nSPS) is 13.0. The van der Waals surface area contributed by atoms with Gasteiger partial charge in [-0.1, -0.05) is 0 Å². The summed E-state index contributed by atoms with van der Waals surface area (Å²) in [7, 11) is 0. The van der Waals surface area contributed by atoms with Crippen molar-refractivity contribution in [1.29, 1.82) is 0 Å². The number of hydrazine groups is 1. The van der Waals surface area contributed by atoms with Crippen molar-refractivity contribution in [2.45, 2.75) is 5.37 Å². The standard InChI is InChI=1S/C7H8F2N2S/c8-4-1-2-6(9)5(3-4)7(12)11-10/h1-3,7,11-12H,10H2/t7-/m1/s1. The lowest BCUT2D eigenvalue weighted by molar-refractivity contribution is 0.570. The van der Waals surface area contributed by atoms with Crippen LogP contribution in [0.15, 0.2) is 18.2 Å². The van der Waals surface area contributed by atoms with Crippen LogP contribution in [0.2, 0.25) is 0 Å². The van der Waals surface area contributed by atoms with E-state index in [1.807, 2.05) is 0 Å². The fourth-order valence-electron chi connectivity index (χ4n) is 0.814. The highest BCUT2D eigenvalue weighted by molar-refractivity contribution is 7.80. The molecule has 0 radical (unpaired) electrons. The van der Waals surface area contributed by atoms with Crippen molar-refractivity contribution >= 4 is 12.6 Å². The van der Waals surface area contributed by atoms with Gasteiger partial charge in [-0.15, -0.1) is 0 Å². The molecule has 0 unspecified atom stereocenters. The lowest BCUT2D eigenvalue weighted by atomic mass is 10.2. The number of hydrogen-bond acceptors (Lipinski definition) is 3. The summed E-state index contributed by atoms with van der Waals surface area (Å²) in [6.07, 6.45) is 0. The minimum absolute atomic E-state index is 0.0980. The lowest BCUT2D eigenvalue weighted by Gasteiger charge is -2.09. The summed E-state index contributed by atoms with van der Waals surface area (Å²) in [6.45, 7) is 0. The molecule has 0 aliphatic heterocycles. The van der Waals surface area contributed by atoms with Crippen LogP contribution in [-0.4, -0.2) is 0 Å². The molecule has 0 amide bonds. The van der Waals surface area contributed by atoms with Crippen LogP contribution >= 0.6 is 12.6 Å². The first-order valence-electron chi connectivity index (χ1n) is 3.24. The van der Waals surface area contributed by atoms with Gasteiger partial charge in [-0.05, 0) is 18.2 Å². The average molecular weight is 190 g/mol. The highest BCUT2D eigenvalue weighted by atomic mass is 32.1. The number of hydrogen-bond donors (Lipinski definition) is 3. The van der Waals surface area contributed by atoms with Gasteiger partial charge in [-0.3, -0.25) is 5.84 Å². The maximum Gasteiger partial charge on any atom is 0.129 e. The van der Waals surface area contributed by atoms with Crippen molar-refractivity contribution in [3.05, 3.63) is 35.4 Å². The summed E-state index contributed by atoms with van der Waals surface area (Å²) in [5, 5.41) is -0.694. The fraction of sp³-hybridized carbons (Fsp3) is 0.143. The molecule has 1 aromatic rings. The van der Waals surface area contributed by atoms with E-state index in [0.717, 1.165) is 18.2 Å². The van der Waals surface area contributed by atoms with Gasteiger partial charge in [0.1, 0.15) is 11.6 Å². The smallest absolute Gasteiger partial charge is 0.129 e. The second kappa shape index (κ2) is 3.84. The second-order valence-corrected chi connectivity index (χ2v) is 2.75. The molecule has 0 aliphatic rings. The van der Waals surface area contributed by atoms with Gasteiger partial charge < -0.3 is 0 Å². The van der Waals surface area contributed by atoms with Gasteiger partial charge in [-0.2, -0.15) is 12.6 Å². The Labute approximate surface area is 74.1 Å². The molecule has 0 saturated carbocycles. The van der Waals surface area contributed by atoms with E-state index in [0.29, 0.717) is 0 Å². The molecule has 0 bridgehead atoms. The zero-order valence-corrected chi connectivity index (χ0v) is 6.98. The Morgan fingerprint density at radius 2 is 2.08 bits per heavy atom. The first-order valence-corrected chi connectivity index (χ1v) is 3.76. The van der Waals surface area contributed by atoms with Gasteiger partial charge in [0.05, 0.1) is 5.37 Å². The monoisotopic (exact) mass is 190 g/mol. The van der Waals surface area contributed by atoms with E-state index in [4.69, 9.17) is 5.84 Å². The van der Waals surface area contributed by atoms with Crippen molar-refractivity contribution in [3.8, 4) is 0 Å². The first-order chi connectivity index (χ1) is 5.65. The molecular weight excluding hydrogens is 182 g/mol. The Morgan fingerprint density at radius 1 is 1.42 bits per heavy atom. The van der Waals surface area contributed by atoms with E-state index in [1.165, 1.54) is 0 Å². The molecule has 3 N–H and O–H groups in total. The molecule has 0 aliphatic carbocycles. The maximum atomic E-state index is 12.9. The summed E-state index contributed by atoms with van der Waals surface area (Å²) in [5.41, 5.74) is 2.30. The van der Waals surface area contributed by atoms with E-state index in [1.54, 1.807) is 0 Å². The Bertz CT molecular complexity index is 280. The Morgan fingerprint density at radius 3 is 2.67 bits per heavy atom. The van der Waals surface area contributed by atoms with E-state index in [2.05, 4.69) is 18.1 Å². The third kappa shape index (κ3) is 1.94. The molecule has 2 nitrogen and oxygen atoms in total. The van der Waals surface area contributed by atoms with Crippen molar-refractivity contribution in [1.82, 2.24) is 5.43 Å². The molecule has 0 aromatic heterocycles. The summed E-state index contributed by atoms with van der Waals surface area (Å²) in [6, 6.07) is 3.12. The molecule has 0 saturated heterocycles. The number of rotatable bonds is 2. The van der Waals surface area contributed by atoms with Gasteiger partial charge in [-0.25, -0.2) is 14.2 Å². The van der Waals surface area contributed by atoms with Gasteiger partial charge in [0, 0.05) is 5.56 Å². The molecule has 0 spiro atoms. The molecule has 66 valence electrons. The molecule has 1 atom stereocenters. The average Bonchev–Trinajstić information content (AvgIpc) is 2.08. The molecule has 1 aromatic carbocycles. The highest BCUT2D eigenvalue weighted by Gasteiger charge is 2.10. The van der Waals surface area contributed by atoms with Gasteiger partial charge >= 0.3 is 0 Å². The predicted octanol–water partition coefficient (Wildman–Crippen LogP) is 1.36. The Balaban J connectivity index is 3.04. The van der Waals surface area contributed by atoms with Crippen LogP contribution in [0, 0.1) is 11.6 Å². The third-order valence-electron chi connectivity index (χ3n) is 1.41. The van der Waals surface area contributed by atoms with E-state index in [9.17, 15) is 8.78 Å². The van der Waals surface area contributed by atoms with Crippen LogP contribution in [0.4, 0.5) is 8.78 Å². The summed E-state index contributed by atoms with van der Waals surface area (Å²) >= 11 is 3.89. The van der Waals surface area contributed by atoms with Crippen molar-refractivity contribution in [3.63, 3.8) is 0 Å². The quantitative estimate of drug-likeness (QED) is 0.285. The van der Waals surface area contributed by atoms with E-state index in [-0.39, 0.29) is 5.56 Å². The Kier molecular flexibility index (Phi) is 3.02. The highest BCUT2D eigenvalue weighted by Crippen LogP contribution is 2.19. The second-order valence-electron chi connectivity index (χ2n) is 2.24. The molecule has 12 heavy (non-hydrogen) atoms. The number of halogens is 2. The SMILES string of the molecule is NN[C@H](S)c1cc(F)ccc1F. The number of nitrogens with two attached hydrogens (primary N) is 1. The summed E-state index contributed by atoms with van der Waals surface area (Å²) in [4.78, 5) is 0. The summed E-state index contributed by atoms with van der Waals surface area (Å²) in [5.74, 6) is 3.96. The largest absolute Gasteiger partial charge is 0.270 e. The molecular formula is C7H8F2N2S. The topological polar surface area (TPSA) is 38.0 Å². The zero-order chi connectivity index (χ0) is 9.14. The first kappa shape index (κ1) is 9.44. The van der Waals surface area contributed by atoms with Crippen molar-refractivity contribution < 1.29 is 8.78 Å². The van der Waals surface area contributed by atoms with Gasteiger partial charge in [0.25, 0.3) is 0 Å². The Hall–Kier alpha value is -0.650. The summed E-state index contributed by atoms with van der Waals surface area (Å²) < 4.78 is 25.5. The van der Waals surface area contributed by atoms with Gasteiger partial charge in [0.2, 0.25) is 0 Å². The van der Waals surface area contributed by atoms with Crippen molar-refractivity contribution in [2.75, 3.05) is 0 Å². The molecule has 0 fully saturated rings. The van der Waals surface area contributed by atoms with Gasteiger partial charge in [0.15, 0.2) is 0 Å². The van der Waals surface area contributed by atoms with Crippen LogP contribution in [0.25, 0.3) is 0 Å². The number of benzene rings is 1.